The average molecular weight is 164 g/mol. The lowest BCUT2D eigenvalue weighted by atomic mass is 10.2. The molecule has 0 saturated carbocycles. The molecule has 0 nitrogen and oxygen atoms in total. The highest BCUT2D eigenvalue weighted by Gasteiger charge is 1.96. The van der Waals surface area contributed by atoms with E-state index in [9.17, 15) is 0 Å². The zero-order valence-electron chi connectivity index (χ0n) is 7.80. The smallest absolute Gasteiger partial charge is 0.146 e. The van der Waals surface area contributed by atoms with Crippen LogP contribution in [0.2, 0.25) is 11.6 Å². The van der Waals surface area contributed by atoms with Gasteiger partial charge in [-0.05, 0) is 26.7 Å². The molecule has 11 heavy (non-hydrogen) atoms. The molecule has 2 radical (unpaired) electrons. The second kappa shape index (κ2) is 6.71. The van der Waals surface area contributed by atoms with E-state index in [-0.39, 0.29) is 0 Å². The van der Waals surface area contributed by atoms with Crippen molar-refractivity contribution < 1.29 is 0 Å². The van der Waals surface area contributed by atoms with Crippen LogP contribution in [0.25, 0.3) is 0 Å². The van der Waals surface area contributed by atoms with Crippen LogP contribution in [0.3, 0.4) is 0 Å². The van der Waals surface area contributed by atoms with Crippen LogP contribution in [0, 0.1) is 6.92 Å². The predicted octanol–water partition coefficient (Wildman–Crippen LogP) is 3.27. The summed E-state index contributed by atoms with van der Waals surface area (Å²) in [6.45, 7) is 7.43. The minimum Gasteiger partial charge on any atom is -0.146 e. The van der Waals surface area contributed by atoms with Crippen LogP contribution in [-0.2, 0) is 0 Å². The zero-order valence-corrected chi connectivity index (χ0v) is 8.96. The van der Waals surface area contributed by atoms with Gasteiger partial charge in [-0.3, -0.25) is 0 Å². The third-order valence-corrected chi connectivity index (χ3v) is 2.69. The standard InChI is InChI=1S/C8H11.2CH3.Al/c1-4-5-6-7-8(2)3;;;/h1-2,4-5H,6-7H2,3H3;2*1H3;/b5-4+,8-2?;;;. The molecule has 0 saturated heterocycles. The Balaban J connectivity index is 3.59. The van der Waals surface area contributed by atoms with Gasteiger partial charge in [-0.2, -0.15) is 0 Å². The van der Waals surface area contributed by atoms with E-state index in [1.54, 1.807) is 6.08 Å². The Kier molecular flexibility index (Phi) is 6.71. The summed E-state index contributed by atoms with van der Waals surface area (Å²) in [5.41, 5.74) is 1.52. The van der Waals surface area contributed by atoms with Crippen LogP contribution in [-0.4, -0.2) is 14.1 Å². The molecule has 0 spiro atoms. The van der Waals surface area contributed by atoms with E-state index in [1.165, 1.54) is 12.0 Å². The normalized spacial score (nSPS) is 12.5. The van der Waals surface area contributed by atoms with Crippen molar-refractivity contribution in [1.82, 2.24) is 0 Å². The third-order valence-electron chi connectivity index (χ3n) is 1.46. The van der Waals surface area contributed by atoms with Gasteiger partial charge in [-0.25, -0.2) is 0 Å². The Morgan fingerprint density at radius 1 is 1.45 bits per heavy atom. The van der Waals surface area contributed by atoms with E-state index in [0.29, 0.717) is 0 Å². The van der Waals surface area contributed by atoms with Crippen molar-refractivity contribution >= 4 is 14.1 Å². The second-order valence-electron chi connectivity index (χ2n) is 3.22. The van der Waals surface area contributed by atoms with Crippen molar-refractivity contribution in [3.63, 3.8) is 0 Å². The molecule has 0 N–H and O–H groups in total. The Hall–Kier alpha value is 0.0125. The quantitative estimate of drug-likeness (QED) is 0.559. The Morgan fingerprint density at radius 3 is 2.55 bits per heavy atom. The van der Waals surface area contributed by atoms with Gasteiger partial charge in [-0.15, -0.1) is 16.5 Å². The fourth-order valence-electron chi connectivity index (χ4n) is 1.06. The number of rotatable bonds is 4. The van der Waals surface area contributed by atoms with E-state index in [0.717, 1.165) is 6.42 Å². The summed E-state index contributed by atoms with van der Waals surface area (Å²) in [5.74, 6) is 4.67. The van der Waals surface area contributed by atoms with Crippen molar-refractivity contribution in [2.75, 3.05) is 0 Å². The molecule has 0 bridgehead atoms. The zero-order chi connectivity index (χ0) is 8.69. The van der Waals surface area contributed by atoms with E-state index >= 15 is 0 Å². The molecule has 0 rings (SSSR count). The van der Waals surface area contributed by atoms with Crippen LogP contribution < -0.4 is 0 Å². The van der Waals surface area contributed by atoms with Gasteiger partial charge in [0, 0.05) is 0 Å². The average Bonchev–Trinajstić information content (AvgIpc) is 1.86. The Labute approximate surface area is 75.4 Å². The molecule has 0 aromatic carbocycles. The molecular formula is C10H17Al. The first-order valence-corrected chi connectivity index (χ1v) is 7.18. The molecule has 0 amide bonds. The third kappa shape index (κ3) is 7.91. The van der Waals surface area contributed by atoms with Crippen molar-refractivity contribution in [3.05, 3.63) is 29.6 Å². The van der Waals surface area contributed by atoms with Gasteiger partial charge in [0.1, 0.15) is 0 Å². The minimum absolute atomic E-state index is 0.497. The molecule has 0 aliphatic carbocycles. The van der Waals surface area contributed by atoms with E-state index in [2.05, 4.69) is 23.4 Å². The van der Waals surface area contributed by atoms with Crippen LogP contribution in [0.4, 0.5) is 0 Å². The molecule has 0 aliphatic rings. The van der Waals surface area contributed by atoms with Gasteiger partial charge in [-0.1, -0.05) is 17.7 Å². The summed E-state index contributed by atoms with van der Waals surface area (Å²) in [6.07, 6.45) is 5.89. The summed E-state index contributed by atoms with van der Waals surface area (Å²) < 4.78 is 0. The highest BCUT2D eigenvalue weighted by Crippen LogP contribution is 2.05. The van der Waals surface area contributed by atoms with Gasteiger partial charge in [0.05, 0.1) is 0 Å². The van der Waals surface area contributed by atoms with Gasteiger partial charge in [0.15, 0.2) is 0 Å². The fraction of sp³-hybridized carbons (Fsp3) is 0.500. The maximum atomic E-state index is 5.22. The summed E-state index contributed by atoms with van der Waals surface area (Å²) in [4.78, 5) is 2.43. The Bertz CT molecular complexity index is 143. The summed E-state index contributed by atoms with van der Waals surface area (Å²) in [7, 11) is 0. The number of hydrogen-bond donors (Lipinski definition) is 0. The summed E-state index contributed by atoms with van der Waals surface area (Å²) in [5, 5.41) is 0. The topological polar surface area (TPSA) is 0 Å². The lowest BCUT2D eigenvalue weighted by Gasteiger charge is -1.97. The lowest BCUT2D eigenvalue weighted by Crippen LogP contribution is -1.95. The summed E-state index contributed by atoms with van der Waals surface area (Å²) >= 11 is -0.497. The van der Waals surface area contributed by atoms with Crippen molar-refractivity contribution in [3.8, 4) is 0 Å². The van der Waals surface area contributed by atoms with Crippen LogP contribution >= 0.6 is 0 Å². The molecule has 0 atom stereocenters. The highest BCUT2D eigenvalue weighted by molar-refractivity contribution is 6.61. The highest BCUT2D eigenvalue weighted by atomic mass is 27.2. The second-order valence-corrected chi connectivity index (χ2v) is 6.05. The van der Waals surface area contributed by atoms with E-state index in [1.807, 2.05) is 6.08 Å². The van der Waals surface area contributed by atoms with Gasteiger partial charge < -0.3 is 0 Å². The Morgan fingerprint density at radius 2 is 2.09 bits per heavy atom. The van der Waals surface area contributed by atoms with Gasteiger partial charge in [0.2, 0.25) is 0 Å². The molecule has 0 unspecified atom stereocenters. The minimum atomic E-state index is -0.497. The lowest BCUT2D eigenvalue weighted by molar-refractivity contribution is 0.980. The number of hydrogen-bond acceptors (Lipinski definition) is 0. The fourth-order valence-corrected chi connectivity index (χ4v) is 2.36. The molecule has 0 heterocycles. The maximum Gasteiger partial charge on any atom is 0.288 e. The SMILES string of the molecule is [CH]/C=C/CC/C(C)=[CH]/[Al]([CH3])[CH3]. The predicted molar refractivity (Wildman–Crippen MR) is 53.9 cm³/mol. The van der Waals surface area contributed by atoms with Crippen LogP contribution in [0.1, 0.15) is 19.8 Å². The van der Waals surface area contributed by atoms with Crippen molar-refractivity contribution in [2.45, 2.75) is 31.3 Å². The first-order valence-electron chi connectivity index (χ1n) is 4.21. The molecule has 60 valence electrons. The molecule has 0 aromatic heterocycles. The van der Waals surface area contributed by atoms with Crippen LogP contribution in [0.15, 0.2) is 22.7 Å². The monoisotopic (exact) mass is 164 g/mol. The van der Waals surface area contributed by atoms with Crippen molar-refractivity contribution in [1.29, 1.82) is 0 Å². The molecular weight excluding hydrogens is 147 g/mol. The van der Waals surface area contributed by atoms with Crippen LogP contribution in [0.5, 0.6) is 0 Å². The van der Waals surface area contributed by atoms with E-state index in [4.69, 9.17) is 6.92 Å². The van der Waals surface area contributed by atoms with E-state index < -0.39 is 14.1 Å². The molecule has 1 heteroatoms. The first-order chi connectivity index (χ1) is 5.16. The van der Waals surface area contributed by atoms with Gasteiger partial charge >= 0.3 is 0 Å². The van der Waals surface area contributed by atoms with Crippen molar-refractivity contribution in [2.24, 2.45) is 0 Å². The molecule has 0 aliphatic heterocycles. The molecule has 0 aromatic rings. The first kappa shape index (κ1) is 11.0. The van der Waals surface area contributed by atoms with Gasteiger partial charge in [0.25, 0.3) is 14.1 Å². The molecule has 0 fully saturated rings. The largest absolute Gasteiger partial charge is 0.288 e. The summed E-state index contributed by atoms with van der Waals surface area (Å²) in [6, 6.07) is 0. The number of allylic oxidation sites excluding steroid dienone is 3. The maximum absolute atomic E-state index is 5.22.